The molecule has 0 aliphatic rings. The molecule has 3 nitrogen and oxygen atoms in total. The van der Waals surface area contributed by atoms with Crippen molar-refractivity contribution in [2.45, 2.75) is 6.92 Å². The third kappa shape index (κ3) is 1.26. The first kappa shape index (κ1) is 6.22. The van der Waals surface area contributed by atoms with Gasteiger partial charge in [0.1, 0.15) is 0 Å². The fourth-order valence-corrected chi connectivity index (χ4v) is 1.15. The molecule has 1 amide bonds. The Balaban J connectivity index is 2.80. The van der Waals surface area contributed by atoms with E-state index in [4.69, 9.17) is 0 Å². The second-order valence-electron chi connectivity index (χ2n) is 1.58. The molecule has 1 heterocycles. The van der Waals surface area contributed by atoms with E-state index < -0.39 is 0 Å². The van der Waals surface area contributed by atoms with Crippen LogP contribution in [0.3, 0.4) is 0 Å². The highest BCUT2D eigenvalue weighted by Gasteiger charge is 1.95. The average molecular weight is 142 g/mol. The highest BCUT2D eigenvalue weighted by atomic mass is 32.1. The number of hydrogen-bond acceptors (Lipinski definition) is 3. The molecule has 1 aromatic rings. The van der Waals surface area contributed by atoms with E-state index in [9.17, 15) is 4.79 Å². The SMILES string of the molecule is Cc1nscc1NC=O. The van der Waals surface area contributed by atoms with Gasteiger partial charge in [0.05, 0.1) is 11.4 Å². The van der Waals surface area contributed by atoms with Crippen molar-refractivity contribution < 1.29 is 4.79 Å². The Bertz CT molecular complexity index is 208. The zero-order valence-electron chi connectivity index (χ0n) is 4.92. The van der Waals surface area contributed by atoms with E-state index >= 15 is 0 Å². The molecule has 0 aliphatic heterocycles. The Hall–Kier alpha value is -0.900. The van der Waals surface area contributed by atoms with Crippen LogP contribution >= 0.6 is 11.5 Å². The molecule has 0 radical (unpaired) electrons. The maximum Gasteiger partial charge on any atom is 0.211 e. The molecule has 0 fully saturated rings. The number of carbonyl (C=O) groups is 1. The van der Waals surface area contributed by atoms with Gasteiger partial charge in [-0.05, 0) is 18.5 Å². The number of aromatic nitrogens is 1. The minimum Gasteiger partial charge on any atom is -0.326 e. The van der Waals surface area contributed by atoms with E-state index in [1.807, 2.05) is 6.92 Å². The van der Waals surface area contributed by atoms with Gasteiger partial charge in [-0.25, -0.2) is 0 Å². The van der Waals surface area contributed by atoms with Crippen molar-refractivity contribution in [3.8, 4) is 0 Å². The predicted octanol–water partition coefficient (Wildman–Crippen LogP) is 1.02. The van der Waals surface area contributed by atoms with Gasteiger partial charge in [-0.2, -0.15) is 4.37 Å². The summed E-state index contributed by atoms with van der Waals surface area (Å²) in [6, 6.07) is 0. The van der Waals surface area contributed by atoms with Crippen LogP contribution in [0.15, 0.2) is 5.38 Å². The van der Waals surface area contributed by atoms with Crippen molar-refractivity contribution in [2.75, 3.05) is 5.32 Å². The van der Waals surface area contributed by atoms with Crippen LogP contribution in [0, 0.1) is 6.92 Å². The smallest absolute Gasteiger partial charge is 0.211 e. The molecule has 0 unspecified atom stereocenters. The molecule has 4 heteroatoms. The van der Waals surface area contributed by atoms with Gasteiger partial charge in [-0.15, -0.1) is 0 Å². The molecule has 1 aromatic heterocycles. The van der Waals surface area contributed by atoms with Crippen molar-refractivity contribution in [2.24, 2.45) is 0 Å². The average Bonchev–Trinajstić information content (AvgIpc) is 2.18. The molecule has 0 saturated heterocycles. The lowest BCUT2D eigenvalue weighted by Crippen LogP contribution is -1.92. The minimum absolute atomic E-state index is 0.650. The fourth-order valence-electron chi connectivity index (χ4n) is 0.495. The quantitative estimate of drug-likeness (QED) is 0.626. The van der Waals surface area contributed by atoms with Gasteiger partial charge in [0.25, 0.3) is 0 Å². The first-order valence-electron chi connectivity index (χ1n) is 2.45. The van der Waals surface area contributed by atoms with Gasteiger partial charge in [0, 0.05) is 5.38 Å². The summed E-state index contributed by atoms with van der Waals surface area (Å²) in [6.07, 6.45) is 0.650. The maximum atomic E-state index is 9.89. The van der Waals surface area contributed by atoms with Gasteiger partial charge >= 0.3 is 0 Å². The number of amides is 1. The first-order chi connectivity index (χ1) is 4.34. The molecule has 1 rings (SSSR count). The summed E-state index contributed by atoms with van der Waals surface area (Å²) >= 11 is 1.33. The summed E-state index contributed by atoms with van der Waals surface area (Å²) in [5.41, 5.74) is 1.67. The first-order valence-corrected chi connectivity index (χ1v) is 3.29. The second kappa shape index (κ2) is 2.59. The Morgan fingerprint density at radius 2 is 2.67 bits per heavy atom. The Morgan fingerprint density at radius 3 is 3.11 bits per heavy atom. The van der Waals surface area contributed by atoms with Crippen LogP contribution in [-0.2, 0) is 4.79 Å². The summed E-state index contributed by atoms with van der Waals surface area (Å²) in [4.78, 5) is 9.89. The Morgan fingerprint density at radius 1 is 1.89 bits per heavy atom. The van der Waals surface area contributed by atoms with Crippen LogP contribution in [0.2, 0.25) is 0 Å². The van der Waals surface area contributed by atoms with Crippen LogP contribution in [-0.4, -0.2) is 10.8 Å². The maximum absolute atomic E-state index is 9.89. The van der Waals surface area contributed by atoms with E-state index in [1.165, 1.54) is 11.5 Å². The third-order valence-electron chi connectivity index (χ3n) is 0.964. The molecule has 0 atom stereocenters. The van der Waals surface area contributed by atoms with E-state index in [2.05, 4.69) is 9.69 Å². The standard InChI is InChI=1S/C5H6N2OS/c1-4-5(6-3-8)2-9-7-4/h2-3H,1H3,(H,6,8). The molecule has 0 saturated carbocycles. The highest BCUT2D eigenvalue weighted by molar-refractivity contribution is 7.04. The number of anilines is 1. The van der Waals surface area contributed by atoms with Crippen LogP contribution in [0.25, 0.3) is 0 Å². The third-order valence-corrected chi connectivity index (χ3v) is 1.68. The van der Waals surface area contributed by atoms with Gasteiger partial charge in [-0.3, -0.25) is 4.79 Å². The summed E-state index contributed by atoms with van der Waals surface area (Å²) in [5.74, 6) is 0. The fraction of sp³-hybridized carbons (Fsp3) is 0.200. The van der Waals surface area contributed by atoms with Crippen molar-refractivity contribution in [3.63, 3.8) is 0 Å². The largest absolute Gasteiger partial charge is 0.326 e. The van der Waals surface area contributed by atoms with Crippen molar-refractivity contribution >= 4 is 23.6 Å². The van der Waals surface area contributed by atoms with Gasteiger partial charge in [0.15, 0.2) is 0 Å². The van der Waals surface area contributed by atoms with Crippen LogP contribution in [0.4, 0.5) is 5.69 Å². The molecule has 1 N–H and O–H groups in total. The zero-order valence-corrected chi connectivity index (χ0v) is 5.73. The second-order valence-corrected chi connectivity index (χ2v) is 2.20. The summed E-state index contributed by atoms with van der Waals surface area (Å²) in [7, 11) is 0. The Kier molecular flexibility index (Phi) is 1.79. The number of hydrogen-bond donors (Lipinski definition) is 1. The Labute approximate surface area is 56.9 Å². The highest BCUT2D eigenvalue weighted by Crippen LogP contribution is 2.13. The molecule has 0 aromatic carbocycles. The van der Waals surface area contributed by atoms with Gasteiger partial charge in [0.2, 0.25) is 6.41 Å². The minimum atomic E-state index is 0.650. The number of rotatable bonds is 2. The zero-order chi connectivity index (χ0) is 6.69. The van der Waals surface area contributed by atoms with Crippen molar-refractivity contribution in [1.29, 1.82) is 0 Å². The van der Waals surface area contributed by atoms with E-state index in [0.29, 0.717) is 6.41 Å². The normalized spacial score (nSPS) is 9.00. The molecular weight excluding hydrogens is 136 g/mol. The summed E-state index contributed by atoms with van der Waals surface area (Å²) < 4.78 is 3.96. The summed E-state index contributed by atoms with van der Waals surface area (Å²) in [6.45, 7) is 1.85. The number of nitrogens with zero attached hydrogens (tertiary/aromatic N) is 1. The van der Waals surface area contributed by atoms with Crippen LogP contribution in [0.1, 0.15) is 5.69 Å². The van der Waals surface area contributed by atoms with E-state index in [0.717, 1.165) is 11.4 Å². The number of carbonyl (C=O) groups excluding carboxylic acids is 1. The van der Waals surface area contributed by atoms with Crippen LogP contribution < -0.4 is 5.32 Å². The lowest BCUT2D eigenvalue weighted by molar-refractivity contribution is -0.105. The molecule has 0 aliphatic carbocycles. The lowest BCUT2D eigenvalue weighted by atomic mass is 10.4. The topological polar surface area (TPSA) is 42.0 Å². The van der Waals surface area contributed by atoms with Crippen LogP contribution in [0.5, 0.6) is 0 Å². The van der Waals surface area contributed by atoms with Crippen molar-refractivity contribution in [1.82, 2.24) is 4.37 Å². The molecule has 9 heavy (non-hydrogen) atoms. The van der Waals surface area contributed by atoms with Gasteiger partial charge < -0.3 is 5.32 Å². The van der Waals surface area contributed by atoms with Crippen molar-refractivity contribution in [3.05, 3.63) is 11.1 Å². The summed E-state index contributed by atoms with van der Waals surface area (Å²) in [5, 5.41) is 4.32. The molecular formula is C5H6N2OS. The van der Waals surface area contributed by atoms with E-state index in [-0.39, 0.29) is 0 Å². The lowest BCUT2D eigenvalue weighted by Gasteiger charge is -1.90. The molecule has 0 bridgehead atoms. The number of aryl methyl sites for hydroxylation is 1. The monoisotopic (exact) mass is 142 g/mol. The predicted molar refractivity (Wildman–Crippen MR) is 36.5 cm³/mol. The van der Waals surface area contributed by atoms with Gasteiger partial charge in [-0.1, -0.05) is 0 Å². The number of nitrogens with one attached hydrogen (secondary N) is 1. The van der Waals surface area contributed by atoms with E-state index in [1.54, 1.807) is 5.38 Å². The molecule has 0 spiro atoms. The molecule has 48 valence electrons.